The zero-order valence-corrected chi connectivity index (χ0v) is 10.7. The van der Waals surface area contributed by atoms with Gasteiger partial charge in [0.05, 0.1) is 11.1 Å². The number of carboxylic acid groups (broad SMARTS) is 2. The van der Waals surface area contributed by atoms with E-state index in [1.54, 1.807) is 6.07 Å². The number of aromatic carboxylic acids is 2. The van der Waals surface area contributed by atoms with Crippen molar-refractivity contribution < 1.29 is 19.8 Å². The fourth-order valence-corrected chi connectivity index (χ4v) is 2.05. The van der Waals surface area contributed by atoms with Gasteiger partial charge in [0, 0.05) is 0 Å². The summed E-state index contributed by atoms with van der Waals surface area (Å²) in [5.41, 5.74) is 1.81. The summed E-state index contributed by atoms with van der Waals surface area (Å²) < 4.78 is 0. The first-order chi connectivity index (χ1) is 9.58. The average molecular weight is 270 g/mol. The summed E-state index contributed by atoms with van der Waals surface area (Å²) in [5, 5.41) is 18.1. The molecule has 2 N–H and O–H groups in total. The van der Waals surface area contributed by atoms with Crippen LogP contribution in [0.2, 0.25) is 0 Å². The molecular weight excluding hydrogens is 256 g/mol. The SMILES string of the molecule is O=C(O)c1ccc(CCc2ccccc2)c(C(=O)O)c1. The molecule has 0 aromatic heterocycles. The number of hydrogen-bond donors (Lipinski definition) is 2. The molecule has 0 radical (unpaired) electrons. The minimum absolute atomic E-state index is 0.00846. The van der Waals surface area contributed by atoms with Crippen LogP contribution in [0, 0.1) is 0 Å². The van der Waals surface area contributed by atoms with Gasteiger partial charge in [-0.1, -0.05) is 36.4 Å². The highest BCUT2D eigenvalue weighted by Gasteiger charge is 2.13. The monoisotopic (exact) mass is 270 g/mol. The van der Waals surface area contributed by atoms with Gasteiger partial charge >= 0.3 is 11.9 Å². The lowest BCUT2D eigenvalue weighted by Gasteiger charge is -2.07. The summed E-state index contributed by atoms with van der Waals surface area (Å²) in [7, 11) is 0. The Morgan fingerprint density at radius 3 is 2.15 bits per heavy atom. The van der Waals surface area contributed by atoms with Gasteiger partial charge in [-0.3, -0.25) is 0 Å². The second kappa shape index (κ2) is 6.02. The smallest absolute Gasteiger partial charge is 0.335 e. The largest absolute Gasteiger partial charge is 0.478 e. The van der Waals surface area contributed by atoms with Crippen molar-refractivity contribution in [1.29, 1.82) is 0 Å². The van der Waals surface area contributed by atoms with E-state index in [0.29, 0.717) is 18.4 Å². The van der Waals surface area contributed by atoms with Gasteiger partial charge in [0.15, 0.2) is 0 Å². The van der Waals surface area contributed by atoms with E-state index < -0.39 is 11.9 Å². The van der Waals surface area contributed by atoms with Gasteiger partial charge in [0.25, 0.3) is 0 Å². The van der Waals surface area contributed by atoms with Gasteiger partial charge < -0.3 is 10.2 Å². The first kappa shape index (κ1) is 13.8. The maximum absolute atomic E-state index is 11.2. The van der Waals surface area contributed by atoms with Crippen LogP contribution in [-0.2, 0) is 12.8 Å². The molecule has 0 unspecified atom stereocenters. The van der Waals surface area contributed by atoms with Crippen molar-refractivity contribution in [2.45, 2.75) is 12.8 Å². The van der Waals surface area contributed by atoms with Gasteiger partial charge in [-0.2, -0.15) is 0 Å². The Morgan fingerprint density at radius 2 is 1.55 bits per heavy atom. The van der Waals surface area contributed by atoms with E-state index in [1.165, 1.54) is 12.1 Å². The van der Waals surface area contributed by atoms with Crippen LogP contribution in [-0.4, -0.2) is 22.2 Å². The van der Waals surface area contributed by atoms with Crippen LogP contribution < -0.4 is 0 Å². The molecular formula is C16H14O4. The van der Waals surface area contributed by atoms with Crippen LogP contribution in [0.4, 0.5) is 0 Å². The Bertz CT molecular complexity index is 632. The van der Waals surface area contributed by atoms with Gasteiger partial charge in [0.1, 0.15) is 0 Å². The van der Waals surface area contributed by atoms with E-state index in [2.05, 4.69) is 0 Å². The standard InChI is InChI=1S/C16H14O4/c17-15(18)13-9-8-12(14(10-13)16(19)20)7-6-11-4-2-1-3-5-11/h1-5,8-10H,6-7H2,(H,17,18)(H,19,20). The second-order valence-corrected chi connectivity index (χ2v) is 4.47. The third-order valence-corrected chi connectivity index (χ3v) is 3.11. The second-order valence-electron chi connectivity index (χ2n) is 4.47. The van der Waals surface area contributed by atoms with Crippen LogP contribution in [0.1, 0.15) is 31.8 Å². The molecule has 2 aromatic carbocycles. The Morgan fingerprint density at radius 1 is 0.850 bits per heavy atom. The van der Waals surface area contributed by atoms with Gasteiger partial charge in [0.2, 0.25) is 0 Å². The van der Waals surface area contributed by atoms with Crippen LogP contribution in [0.15, 0.2) is 48.5 Å². The summed E-state index contributed by atoms with van der Waals surface area (Å²) in [5.74, 6) is -2.22. The van der Waals surface area contributed by atoms with Crippen LogP contribution in [0.5, 0.6) is 0 Å². The minimum atomic E-state index is -1.12. The normalized spacial score (nSPS) is 10.2. The third kappa shape index (κ3) is 3.23. The maximum atomic E-state index is 11.2. The van der Waals surface area contributed by atoms with Gasteiger partial charge in [-0.15, -0.1) is 0 Å². The van der Waals surface area contributed by atoms with E-state index in [4.69, 9.17) is 5.11 Å². The Labute approximate surface area is 116 Å². The van der Waals surface area contributed by atoms with E-state index in [9.17, 15) is 14.7 Å². The Hall–Kier alpha value is -2.62. The van der Waals surface area contributed by atoms with E-state index in [-0.39, 0.29) is 11.1 Å². The number of aryl methyl sites for hydroxylation is 2. The van der Waals surface area contributed by atoms with E-state index in [0.717, 1.165) is 5.56 Å². The molecule has 0 saturated carbocycles. The molecule has 102 valence electrons. The van der Waals surface area contributed by atoms with Crippen molar-refractivity contribution in [2.24, 2.45) is 0 Å². The summed E-state index contributed by atoms with van der Waals surface area (Å²) in [6.45, 7) is 0. The highest BCUT2D eigenvalue weighted by atomic mass is 16.4. The molecule has 0 heterocycles. The van der Waals surface area contributed by atoms with Crippen LogP contribution >= 0.6 is 0 Å². The molecule has 0 aliphatic rings. The molecule has 4 nitrogen and oxygen atoms in total. The molecule has 0 aliphatic carbocycles. The molecule has 2 rings (SSSR count). The van der Waals surface area contributed by atoms with Crippen molar-refractivity contribution in [3.63, 3.8) is 0 Å². The molecule has 0 saturated heterocycles. The van der Waals surface area contributed by atoms with Crippen molar-refractivity contribution >= 4 is 11.9 Å². The lowest BCUT2D eigenvalue weighted by Crippen LogP contribution is -2.07. The number of benzene rings is 2. The van der Waals surface area contributed by atoms with Gasteiger partial charge in [-0.05, 0) is 36.1 Å². The van der Waals surface area contributed by atoms with E-state index in [1.807, 2.05) is 30.3 Å². The van der Waals surface area contributed by atoms with Gasteiger partial charge in [-0.25, -0.2) is 9.59 Å². The number of carbonyl (C=O) groups is 2. The fraction of sp³-hybridized carbons (Fsp3) is 0.125. The predicted octanol–water partition coefficient (Wildman–Crippen LogP) is 2.87. The Kier molecular flexibility index (Phi) is 4.15. The van der Waals surface area contributed by atoms with Crippen molar-refractivity contribution in [1.82, 2.24) is 0 Å². The average Bonchev–Trinajstić information content (AvgIpc) is 2.45. The fourth-order valence-electron chi connectivity index (χ4n) is 2.05. The molecule has 0 amide bonds. The topological polar surface area (TPSA) is 74.6 Å². The van der Waals surface area contributed by atoms with Crippen LogP contribution in [0.25, 0.3) is 0 Å². The zero-order valence-electron chi connectivity index (χ0n) is 10.7. The summed E-state index contributed by atoms with van der Waals surface area (Å²) in [6, 6.07) is 14.0. The molecule has 0 spiro atoms. The lowest BCUT2D eigenvalue weighted by atomic mass is 9.98. The highest BCUT2D eigenvalue weighted by molar-refractivity contribution is 5.94. The minimum Gasteiger partial charge on any atom is -0.478 e. The molecule has 0 bridgehead atoms. The molecule has 2 aromatic rings. The molecule has 0 fully saturated rings. The van der Waals surface area contributed by atoms with E-state index >= 15 is 0 Å². The summed E-state index contributed by atoms with van der Waals surface area (Å²) in [6.07, 6.45) is 1.28. The summed E-state index contributed by atoms with van der Waals surface area (Å²) >= 11 is 0. The van der Waals surface area contributed by atoms with Crippen molar-refractivity contribution in [3.8, 4) is 0 Å². The molecule has 0 atom stereocenters. The first-order valence-corrected chi connectivity index (χ1v) is 6.21. The molecule has 0 aliphatic heterocycles. The third-order valence-electron chi connectivity index (χ3n) is 3.11. The molecule has 20 heavy (non-hydrogen) atoms. The first-order valence-electron chi connectivity index (χ1n) is 6.21. The van der Waals surface area contributed by atoms with Crippen LogP contribution in [0.3, 0.4) is 0 Å². The lowest BCUT2D eigenvalue weighted by molar-refractivity contribution is 0.0695. The predicted molar refractivity (Wildman–Crippen MR) is 74.2 cm³/mol. The summed E-state index contributed by atoms with van der Waals surface area (Å²) in [4.78, 5) is 22.1. The number of carboxylic acids is 2. The van der Waals surface area contributed by atoms with Crippen molar-refractivity contribution in [2.75, 3.05) is 0 Å². The van der Waals surface area contributed by atoms with Crippen molar-refractivity contribution in [3.05, 3.63) is 70.8 Å². The highest BCUT2D eigenvalue weighted by Crippen LogP contribution is 2.15. The number of rotatable bonds is 5. The molecule has 4 heteroatoms. The number of hydrogen-bond acceptors (Lipinski definition) is 2. The zero-order chi connectivity index (χ0) is 14.5. The maximum Gasteiger partial charge on any atom is 0.335 e. The quantitative estimate of drug-likeness (QED) is 0.876. The Balaban J connectivity index is 2.23.